The van der Waals surface area contributed by atoms with Crippen molar-refractivity contribution in [1.82, 2.24) is 4.98 Å². The van der Waals surface area contributed by atoms with E-state index < -0.39 is 12.1 Å². The first-order valence-electron chi connectivity index (χ1n) is 9.61. The maximum atomic E-state index is 10.7. The third kappa shape index (κ3) is 4.43. The van der Waals surface area contributed by atoms with Crippen molar-refractivity contribution in [2.45, 2.75) is 32.0 Å². The fraction of sp³-hybridized carbons (Fsp3) is 0.261. The van der Waals surface area contributed by atoms with Gasteiger partial charge in [-0.05, 0) is 48.2 Å². The highest BCUT2D eigenvalue weighted by Crippen LogP contribution is 2.33. The molecular formula is C23H22N2O4. The van der Waals surface area contributed by atoms with Crippen LogP contribution in [0.15, 0.2) is 54.6 Å². The zero-order valence-electron chi connectivity index (χ0n) is 15.9. The number of carboxylic acids is 1. The van der Waals surface area contributed by atoms with Crippen LogP contribution in [-0.4, -0.2) is 28.4 Å². The zero-order chi connectivity index (χ0) is 20.2. The van der Waals surface area contributed by atoms with E-state index >= 15 is 0 Å². The Labute approximate surface area is 168 Å². The van der Waals surface area contributed by atoms with Crippen molar-refractivity contribution in [3.63, 3.8) is 0 Å². The molecule has 0 saturated heterocycles. The van der Waals surface area contributed by atoms with E-state index in [0.29, 0.717) is 18.7 Å². The molecule has 1 aliphatic carbocycles. The van der Waals surface area contributed by atoms with Crippen LogP contribution in [0.5, 0.6) is 5.75 Å². The van der Waals surface area contributed by atoms with Crippen LogP contribution in [0.4, 0.5) is 0 Å². The van der Waals surface area contributed by atoms with Crippen LogP contribution in [0.25, 0.3) is 10.9 Å². The third-order valence-corrected chi connectivity index (χ3v) is 5.02. The smallest absolute Gasteiger partial charge is 0.305 e. The van der Waals surface area contributed by atoms with Crippen molar-refractivity contribution in [3.05, 3.63) is 71.4 Å². The second-order valence-corrected chi connectivity index (χ2v) is 7.06. The molecule has 0 aliphatic heterocycles. The number of aryl methyl sites for hydroxylation is 1. The first-order valence-corrected chi connectivity index (χ1v) is 9.61. The molecular weight excluding hydrogens is 368 g/mol. The minimum Gasteiger partial charge on any atom is -0.487 e. The summed E-state index contributed by atoms with van der Waals surface area (Å²) in [6.07, 6.45) is 0.798. The van der Waals surface area contributed by atoms with Crippen molar-refractivity contribution in [2.24, 2.45) is 0 Å². The number of nitrogens with zero attached hydrogens (tertiary/aromatic N) is 1. The van der Waals surface area contributed by atoms with E-state index in [1.807, 2.05) is 54.6 Å². The fourth-order valence-corrected chi connectivity index (χ4v) is 3.53. The number of aromatic nitrogens is 1. The number of hydrogen-bond acceptors (Lipinski definition) is 5. The Morgan fingerprint density at radius 2 is 2.00 bits per heavy atom. The van der Waals surface area contributed by atoms with Gasteiger partial charge in [-0.2, -0.15) is 0 Å². The summed E-state index contributed by atoms with van der Waals surface area (Å²) in [6, 6.07) is 17.7. The second kappa shape index (κ2) is 8.41. The van der Waals surface area contributed by atoms with Crippen molar-refractivity contribution < 1.29 is 19.4 Å². The van der Waals surface area contributed by atoms with Crippen molar-refractivity contribution in [3.8, 4) is 5.75 Å². The Hall–Kier alpha value is -3.25. The van der Waals surface area contributed by atoms with Gasteiger partial charge in [0.2, 0.25) is 0 Å². The van der Waals surface area contributed by atoms with E-state index in [2.05, 4.69) is 4.98 Å². The molecule has 0 radical (unpaired) electrons. The van der Waals surface area contributed by atoms with Crippen LogP contribution in [0.1, 0.15) is 35.8 Å². The summed E-state index contributed by atoms with van der Waals surface area (Å²) >= 11 is 0. The molecule has 6 nitrogen and oxygen atoms in total. The molecule has 148 valence electrons. The predicted molar refractivity (Wildman–Crippen MR) is 110 cm³/mol. The number of aliphatic carboxylic acids is 1. The highest BCUT2D eigenvalue weighted by molar-refractivity contribution is 5.89. The lowest BCUT2D eigenvalue weighted by Crippen LogP contribution is -2.23. The van der Waals surface area contributed by atoms with Gasteiger partial charge in [-0.15, -0.1) is 0 Å². The normalized spacial score (nSPS) is 15.9. The average molecular weight is 390 g/mol. The summed E-state index contributed by atoms with van der Waals surface area (Å²) in [7, 11) is 0. The van der Waals surface area contributed by atoms with E-state index in [1.54, 1.807) is 0 Å². The lowest BCUT2D eigenvalue weighted by atomic mass is 9.87. The standard InChI is InChI=1S/C23H22N2O4/c24-20-10-6-16-13-18(8-9-19(16)23(20)28-12-11-22(26)27)29-14-17-7-5-15-3-1-2-4-21(15)25-17/h1-5,7-9,13,23-24H,6,10-12,14H2,(H,26,27). The first-order chi connectivity index (χ1) is 14.1. The van der Waals surface area contributed by atoms with Crippen LogP contribution in [0, 0.1) is 5.41 Å². The van der Waals surface area contributed by atoms with Gasteiger partial charge in [0, 0.05) is 11.1 Å². The molecule has 1 unspecified atom stereocenters. The Morgan fingerprint density at radius 1 is 1.14 bits per heavy atom. The molecule has 2 aromatic carbocycles. The van der Waals surface area contributed by atoms with Gasteiger partial charge in [0.25, 0.3) is 0 Å². The first kappa shape index (κ1) is 19.1. The van der Waals surface area contributed by atoms with Crippen LogP contribution in [0.3, 0.4) is 0 Å². The van der Waals surface area contributed by atoms with Crippen LogP contribution < -0.4 is 4.74 Å². The Bertz CT molecular complexity index is 1060. The topological polar surface area (TPSA) is 92.5 Å². The molecule has 0 saturated carbocycles. The van der Waals surface area contributed by atoms with Gasteiger partial charge in [-0.1, -0.05) is 30.3 Å². The Kier molecular flexibility index (Phi) is 5.53. The van der Waals surface area contributed by atoms with E-state index in [1.165, 1.54) is 0 Å². The number of hydrogen-bond donors (Lipinski definition) is 2. The number of rotatable bonds is 7. The minimum absolute atomic E-state index is 0.0704. The Balaban J connectivity index is 1.45. The van der Waals surface area contributed by atoms with Crippen LogP contribution in [-0.2, 0) is 22.6 Å². The molecule has 6 heteroatoms. The second-order valence-electron chi connectivity index (χ2n) is 7.06. The third-order valence-electron chi connectivity index (χ3n) is 5.02. The molecule has 1 aromatic heterocycles. The van der Waals surface area contributed by atoms with Crippen molar-refractivity contribution >= 4 is 22.6 Å². The summed E-state index contributed by atoms with van der Waals surface area (Å²) in [5.41, 5.74) is 4.28. The summed E-state index contributed by atoms with van der Waals surface area (Å²) < 4.78 is 11.6. The number of ether oxygens (including phenoxy) is 2. The van der Waals surface area contributed by atoms with Crippen LogP contribution >= 0.6 is 0 Å². The molecule has 0 fully saturated rings. The van der Waals surface area contributed by atoms with E-state index in [4.69, 9.17) is 20.0 Å². The van der Waals surface area contributed by atoms with Crippen molar-refractivity contribution in [2.75, 3.05) is 6.61 Å². The lowest BCUT2D eigenvalue weighted by Gasteiger charge is -2.27. The number of pyridine rings is 1. The number of fused-ring (bicyclic) bond motifs is 2. The zero-order valence-corrected chi connectivity index (χ0v) is 15.9. The number of nitrogens with one attached hydrogen (secondary N) is 1. The largest absolute Gasteiger partial charge is 0.487 e. The quantitative estimate of drug-likeness (QED) is 0.627. The SMILES string of the molecule is N=C1CCc2cc(OCc3ccc4ccccc4n3)ccc2C1OCCC(=O)O. The van der Waals surface area contributed by atoms with Gasteiger partial charge in [0.1, 0.15) is 18.5 Å². The average Bonchev–Trinajstić information content (AvgIpc) is 2.73. The molecule has 0 spiro atoms. The van der Waals surface area contributed by atoms with Gasteiger partial charge in [0.05, 0.1) is 24.2 Å². The Morgan fingerprint density at radius 3 is 2.86 bits per heavy atom. The molecule has 1 aliphatic rings. The maximum absolute atomic E-state index is 10.7. The fourth-order valence-electron chi connectivity index (χ4n) is 3.53. The molecule has 29 heavy (non-hydrogen) atoms. The van der Waals surface area contributed by atoms with Gasteiger partial charge in [0.15, 0.2) is 0 Å². The van der Waals surface area contributed by atoms with Gasteiger partial charge < -0.3 is 20.0 Å². The maximum Gasteiger partial charge on any atom is 0.305 e. The van der Waals surface area contributed by atoms with E-state index in [0.717, 1.165) is 39.9 Å². The summed E-state index contributed by atoms with van der Waals surface area (Å²) in [4.78, 5) is 15.3. The molecule has 0 bridgehead atoms. The molecule has 0 amide bonds. The van der Waals surface area contributed by atoms with Crippen LogP contribution in [0.2, 0.25) is 0 Å². The minimum atomic E-state index is -0.904. The molecule has 1 heterocycles. The molecule has 4 rings (SSSR count). The predicted octanol–water partition coefficient (Wildman–Crippen LogP) is 4.31. The monoisotopic (exact) mass is 390 g/mol. The van der Waals surface area contributed by atoms with Gasteiger partial charge in [-0.25, -0.2) is 4.98 Å². The molecule has 1 atom stereocenters. The highest BCUT2D eigenvalue weighted by atomic mass is 16.5. The highest BCUT2D eigenvalue weighted by Gasteiger charge is 2.26. The number of benzene rings is 2. The number of carbonyl (C=O) groups is 1. The van der Waals surface area contributed by atoms with E-state index in [9.17, 15) is 4.79 Å². The number of para-hydroxylation sites is 1. The molecule has 3 aromatic rings. The van der Waals surface area contributed by atoms with Crippen molar-refractivity contribution in [1.29, 1.82) is 5.41 Å². The van der Waals surface area contributed by atoms with Gasteiger partial charge >= 0.3 is 5.97 Å². The summed E-state index contributed by atoms with van der Waals surface area (Å²) in [5, 5.41) is 18.1. The van der Waals surface area contributed by atoms with Gasteiger partial charge in [-0.3, -0.25) is 4.79 Å². The number of carboxylic acid groups (broad SMARTS) is 1. The summed E-state index contributed by atoms with van der Waals surface area (Å²) in [5.74, 6) is -0.157. The summed E-state index contributed by atoms with van der Waals surface area (Å²) in [6.45, 7) is 0.464. The van der Waals surface area contributed by atoms with E-state index in [-0.39, 0.29) is 13.0 Å². The molecule has 2 N–H and O–H groups in total. The lowest BCUT2D eigenvalue weighted by molar-refractivity contribution is -0.138.